The Balaban J connectivity index is 2.87. The summed E-state index contributed by atoms with van der Waals surface area (Å²) in [5, 5.41) is 12.8. The van der Waals surface area contributed by atoms with E-state index in [1.165, 1.54) is 6.26 Å². The van der Waals surface area contributed by atoms with Gasteiger partial charge in [-0.1, -0.05) is 6.92 Å². The molecule has 1 aromatic rings. The van der Waals surface area contributed by atoms with E-state index in [2.05, 4.69) is 5.32 Å². The average molecular weight is 239 g/mol. The van der Waals surface area contributed by atoms with Crippen LogP contribution in [0.15, 0.2) is 16.7 Å². The van der Waals surface area contributed by atoms with E-state index in [0.29, 0.717) is 17.7 Å². The molecular weight excluding hydrogens is 218 g/mol. The molecule has 0 aliphatic carbocycles. The summed E-state index contributed by atoms with van der Waals surface area (Å²) >= 11 is 0. The van der Waals surface area contributed by atoms with Crippen molar-refractivity contribution in [3.05, 3.63) is 23.7 Å². The molecule has 2 N–H and O–H groups in total. The third-order valence-electron chi connectivity index (χ3n) is 3.27. The van der Waals surface area contributed by atoms with Gasteiger partial charge in [-0.25, -0.2) is 0 Å². The van der Waals surface area contributed by atoms with Crippen LogP contribution in [-0.4, -0.2) is 22.2 Å². The summed E-state index contributed by atoms with van der Waals surface area (Å²) < 4.78 is 5.21. The number of hydrogen-bond acceptors (Lipinski definition) is 3. The first kappa shape index (κ1) is 13.8. The molecule has 1 rings (SSSR count). The third kappa shape index (κ3) is 2.88. The molecule has 1 heterocycles. The van der Waals surface area contributed by atoms with Gasteiger partial charge in [0, 0.05) is 6.42 Å². The number of nitrogens with one attached hydrogen (secondary N) is 1. The normalized spacial score (nSPS) is 12.6. The molecule has 0 atom stereocenters. The molecule has 0 aliphatic rings. The molecule has 17 heavy (non-hydrogen) atoms. The lowest BCUT2D eigenvalue weighted by Crippen LogP contribution is -2.57. The van der Waals surface area contributed by atoms with Crippen LogP contribution in [0.1, 0.15) is 50.7 Å². The monoisotopic (exact) mass is 239 g/mol. The zero-order valence-corrected chi connectivity index (χ0v) is 11.1. The predicted octanol–water partition coefficient (Wildman–Crippen LogP) is 2.12. The fraction of sp³-hybridized carbons (Fsp3) is 0.615. The summed E-state index contributed by atoms with van der Waals surface area (Å²) in [7, 11) is 0. The summed E-state index contributed by atoms with van der Waals surface area (Å²) in [6.45, 7) is 8.84. The van der Waals surface area contributed by atoms with Gasteiger partial charge in [-0.05, 0) is 33.8 Å². The summed E-state index contributed by atoms with van der Waals surface area (Å²) in [6, 6.07) is 1.65. The second kappa shape index (κ2) is 4.53. The minimum atomic E-state index is -1.00. The number of aliphatic hydroxyl groups is 1. The van der Waals surface area contributed by atoms with Gasteiger partial charge < -0.3 is 14.8 Å². The molecular formula is C13H21NO3. The van der Waals surface area contributed by atoms with Gasteiger partial charge in [-0.2, -0.15) is 0 Å². The lowest BCUT2D eigenvalue weighted by molar-refractivity contribution is -0.00296. The van der Waals surface area contributed by atoms with E-state index in [-0.39, 0.29) is 5.91 Å². The molecule has 1 aromatic heterocycles. The lowest BCUT2D eigenvalue weighted by atomic mass is 9.85. The number of carbonyl (C=O) groups excluding carboxylic acids is 1. The molecule has 0 spiro atoms. The van der Waals surface area contributed by atoms with E-state index in [0.717, 1.165) is 0 Å². The van der Waals surface area contributed by atoms with Crippen LogP contribution >= 0.6 is 0 Å². The van der Waals surface area contributed by atoms with Gasteiger partial charge in [0.1, 0.15) is 5.76 Å². The van der Waals surface area contributed by atoms with Gasteiger partial charge in [0.25, 0.3) is 5.91 Å². The zero-order valence-electron chi connectivity index (χ0n) is 11.1. The standard InChI is InChI=1S/C13H21NO3/c1-6-10-9(7-8-17-10)11(15)14-12(2,3)13(4,5)16/h7-8,16H,6H2,1-5H3,(H,14,15). The highest BCUT2D eigenvalue weighted by Crippen LogP contribution is 2.22. The molecule has 1 amide bonds. The highest BCUT2D eigenvalue weighted by Gasteiger charge is 2.36. The van der Waals surface area contributed by atoms with Crippen LogP contribution in [0.2, 0.25) is 0 Å². The van der Waals surface area contributed by atoms with E-state index >= 15 is 0 Å². The molecule has 4 nitrogen and oxygen atoms in total. The van der Waals surface area contributed by atoms with Crippen LogP contribution in [0, 0.1) is 0 Å². The van der Waals surface area contributed by atoms with E-state index in [9.17, 15) is 9.90 Å². The Morgan fingerprint density at radius 3 is 2.47 bits per heavy atom. The molecule has 0 aromatic carbocycles. The molecule has 0 fully saturated rings. The molecule has 4 heteroatoms. The maximum absolute atomic E-state index is 12.1. The SMILES string of the molecule is CCc1occc1C(=O)NC(C)(C)C(C)(C)O. The van der Waals surface area contributed by atoms with Gasteiger partial charge in [-0.15, -0.1) is 0 Å². The van der Waals surface area contributed by atoms with Crippen molar-refractivity contribution in [2.75, 3.05) is 0 Å². The molecule has 96 valence electrons. The maximum Gasteiger partial charge on any atom is 0.255 e. The molecule has 0 saturated heterocycles. The van der Waals surface area contributed by atoms with E-state index in [1.54, 1.807) is 33.8 Å². The van der Waals surface area contributed by atoms with Crippen LogP contribution in [0.3, 0.4) is 0 Å². The lowest BCUT2D eigenvalue weighted by Gasteiger charge is -2.37. The Labute approximate surface area is 102 Å². The average Bonchev–Trinajstić information content (AvgIpc) is 2.62. The van der Waals surface area contributed by atoms with Crippen LogP contribution < -0.4 is 5.32 Å². The van der Waals surface area contributed by atoms with Gasteiger partial charge in [0.2, 0.25) is 0 Å². The minimum Gasteiger partial charge on any atom is -0.469 e. The Kier molecular flexibility index (Phi) is 3.67. The second-order valence-corrected chi connectivity index (χ2v) is 5.25. The van der Waals surface area contributed by atoms with Crippen LogP contribution in [0.4, 0.5) is 0 Å². The summed E-state index contributed by atoms with van der Waals surface area (Å²) in [6.07, 6.45) is 2.17. The van der Waals surface area contributed by atoms with Crippen molar-refractivity contribution in [3.63, 3.8) is 0 Å². The number of amides is 1. The topological polar surface area (TPSA) is 62.5 Å². The summed E-state index contributed by atoms with van der Waals surface area (Å²) in [4.78, 5) is 12.1. The quantitative estimate of drug-likeness (QED) is 0.846. The zero-order chi connectivity index (χ0) is 13.3. The molecule has 0 bridgehead atoms. The van der Waals surface area contributed by atoms with Crippen molar-refractivity contribution < 1.29 is 14.3 Å². The van der Waals surface area contributed by atoms with Crippen molar-refractivity contribution in [2.24, 2.45) is 0 Å². The predicted molar refractivity (Wildman–Crippen MR) is 65.9 cm³/mol. The first-order chi connectivity index (χ1) is 7.69. The highest BCUT2D eigenvalue weighted by atomic mass is 16.3. The van der Waals surface area contributed by atoms with E-state index in [1.807, 2.05) is 6.92 Å². The number of aryl methyl sites for hydroxylation is 1. The second-order valence-electron chi connectivity index (χ2n) is 5.25. The number of rotatable bonds is 4. The number of furan rings is 1. The van der Waals surface area contributed by atoms with Gasteiger partial charge >= 0.3 is 0 Å². The Morgan fingerprint density at radius 1 is 1.41 bits per heavy atom. The molecule has 0 saturated carbocycles. The Hall–Kier alpha value is -1.29. The fourth-order valence-corrected chi connectivity index (χ4v) is 1.32. The van der Waals surface area contributed by atoms with Crippen molar-refractivity contribution >= 4 is 5.91 Å². The number of hydrogen-bond donors (Lipinski definition) is 2. The van der Waals surface area contributed by atoms with Gasteiger partial charge in [0.15, 0.2) is 0 Å². The fourth-order valence-electron chi connectivity index (χ4n) is 1.32. The smallest absolute Gasteiger partial charge is 0.255 e. The molecule has 0 aliphatic heterocycles. The minimum absolute atomic E-state index is 0.220. The highest BCUT2D eigenvalue weighted by molar-refractivity contribution is 5.95. The number of carbonyl (C=O) groups is 1. The van der Waals surface area contributed by atoms with Crippen molar-refractivity contribution in [1.29, 1.82) is 0 Å². The summed E-state index contributed by atoms with van der Waals surface area (Å²) in [5.41, 5.74) is -1.18. The van der Waals surface area contributed by atoms with Crippen molar-refractivity contribution in [3.8, 4) is 0 Å². The van der Waals surface area contributed by atoms with Crippen molar-refractivity contribution in [1.82, 2.24) is 5.32 Å². The van der Waals surface area contributed by atoms with Crippen LogP contribution in [0.5, 0.6) is 0 Å². The van der Waals surface area contributed by atoms with Gasteiger partial charge in [0.05, 0.1) is 23.0 Å². The van der Waals surface area contributed by atoms with E-state index < -0.39 is 11.1 Å². The van der Waals surface area contributed by atoms with Gasteiger partial charge in [-0.3, -0.25) is 4.79 Å². The largest absolute Gasteiger partial charge is 0.469 e. The molecule has 0 unspecified atom stereocenters. The van der Waals surface area contributed by atoms with Crippen molar-refractivity contribution in [2.45, 2.75) is 52.2 Å². The maximum atomic E-state index is 12.1. The van der Waals surface area contributed by atoms with E-state index in [4.69, 9.17) is 4.42 Å². The Morgan fingerprint density at radius 2 is 2.00 bits per heavy atom. The third-order valence-corrected chi connectivity index (χ3v) is 3.27. The Bertz CT molecular complexity index is 399. The van der Waals surface area contributed by atoms with Crippen LogP contribution in [0.25, 0.3) is 0 Å². The van der Waals surface area contributed by atoms with Crippen LogP contribution in [-0.2, 0) is 6.42 Å². The summed E-state index contributed by atoms with van der Waals surface area (Å²) in [5.74, 6) is 0.441. The molecule has 0 radical (unpaired) electrons. The first-order valence-corrected chi connectivity index (χ1v) is 5.80. The first-order valence-electron chi connectivity index (χ1n) is 5.80.